The Balaban J connectivity index is 1.60. The van der Waals surface area contributed by atoms with Gasteiger partial charge in [0.15, 0.2) is 5.69 Å². The summed E-state index contributed by atoms with van der Waals surface area (Å²) in [5, 5.41) is 9.94. The number of H-pyrrole nitrogens is 1. The quantitative estimate of drug-likeness (QED) is 0.879. The number of hydrogen-bond acceptors (Lipinski definition) is 6. The predicted molar refractivity (Wildman–Crippen MR) is 84.2 cm³/mol. The molecular formula is C16H19N5O3. The van der Waals surface area contributed by atoms with E-state index in [9.17, 15) is 4.79 Å². The zero-order chi connectivity index (χ0) is 16.7. The number of rotatable bonds is 4. The highest BCUT2D eigenvalue weighted by Gasteiger charge is 2.32. The fourth-order valence-electron chi connectivity index (χ4n) is 2.72. The third-order valence-electron chi connectivity index (χ3n) is 4.28. The van der Waals surface area contributed by atoms with Crippen LogP contribution in [0.2, 0.25) is 0 Å². The number of ether oxygens (including phenoxy) is 2. The van der Waals surface area contributed by atoms with Crippen LogP contribution < -0.4 is 14.8 Å². The monoisotopic (exact) mass is 329 g/mol. The van der Waals surface area contributed by atoms with Crippen molar-refractivity contribution in [1.82, 2.24) is 25.5 Å². The highest BCUT2D eigenvalue weighted by Crippen LogP contribution is 2.41. The lowest BCUT2D eigenvalue weighted by molar-refractivity contribution is 0.0930. The average molecular weight is 329 g/mol. The normalized spacial score (nSPS) is 16.1. The number of fused-ring (bicyclic) bond motifs is 1. The summed E-state index contributed by atoms with van der Waals surface area (Å²) in [5.74, 6) is 1.41. The van der Waals surface area contributed by atoms with Crippen LogP contribution in [0.1, 0.15) is 52.0 Å². The van der Waals surface area contributed by atoms with Crippen LogP contribution in [0.3, 0.4) is 0 Å². The highest BCUT2D eigenvalue weighted by atomic mass is 16.6. The van der Waals surface area contributed by atoms with Crippen molar-refractivity contribution in [3.8, 4) is 11.6 Å². The summed E-state index contributed by atoms with van der Waals surface area (Å²) in [6.45, 7) is 5.03. The number of nitrogens with one attached hydrogen (secondary N) is 2. The number of amides is 1. The third kappa shape index (κ3) is 2.68. The van der Waals surface area contributed by atoms with Gasteiger partial charge in [-0.1, -0.05) is 0 Å². The van der Waals surface area contributed by atoms with E-state index < -0.39 is 0 Å². The molecule has 0 radical (unpaired) electrons. The standard InChI is InChI=1S/C16H19N5O3/c1-8-11(9(2)21-20-8)7-17-15(22)12-13-16(24-6-5-23-13)19-14(18-12)10-3-4-10/h10H,3-7H2,1-2H3,(H,17,22)(H,20,21). The van der Waals surface area contributed by atoms with Gasteiger partial charge in [0.25, 0.3) is 11.8 Å². The fourth-order valence-corrected chi connectivity index (χ4v) is 2.72. The maximum absolute atomic E-state index is 12.7. The molecule has 8 heteroatoms. The molecule has 1 aliphatic heterocycles. The molecule has 1 aliphatic carbocycles. The molecule has 1 amide bonds. The fraction of sp³-hybridized carbons (Fsp3) is 0.500. The summed E-state index contributed by atoms with van der Waals surface area (Å²) in [7, 11) is 0. The Morgan fingerprint density at radius 2 is 2.04 bits per heavy atom. The van der Waals surface area contributed by atoms with Gasteiger partial charge in [-0.3, -0.25) is 9.89 Å². The summed E-state index contributed by atoms with van der Waals surface area (Å²) < 4.78 is 11.1. The Labute approximate surface area is 139 Å². The number of aromatic amines is 1. The Hall–Kier alpha value is -2.64. The minimum absolute atomic E-state index is 0.250. The first-order valence-corrected chi connectivity index (χ1v) is 8.09. The van der Waals surface area contributed by atoms with Gasteiger partial charge >= 0.3 is 0 Å². The van der Waals surface area contributed by atoms with Crippen molar-refractivity contribution in [2.24, 2.45) is 0 Å². The molecule has 4 rings (SSSR count). The Morgan fingerprint density at radius 3 is 2.75 bits per heavy atom. The zero-order valence-corrected chi connectivity index (χ0v) is 13.7. The molecular weight excluding hydrogens is 310 g/mol. The molecule has 2 N–H and O–H groups in total. The van der Waals surface area contributed by atoms with Crippen LogP contribution in [0.25, 0.3) is 0 Å². The second-order valence-corrected chi connectivity index (χ2v) is 6.13. The largest absolute Gasteiger partial charge is 0.483 e. The number of aromatic nitrogens is 4. The maximum Gasteiger partial charge on any atom is 0.274 e. The molecule has 2 aromatic heterocycles. The van der Waals surface area contributed by atoms with Crippen LogP contribution in [0.5, 0.6) is 11.6 Å². The highest BCUT2D eigenvalue weighted by molar-refractivity contribution is 5.95. The SMILES string of the molecule is Cc1n[nH]c(C)c1CNC(=O)c1nc(C2CC2)nc2c1OCCO2. The van der Waals surface area contributed by atoms with Gasteiger partial charge < -0.3 is 14.8 Å². The van der Waals surface area contributed by atoms with Crippen LogP contribution in [-0.4, -0.2) is 39.3 Å². The number of hydrogen-bond donors (Lipinski definition) is 2. The van der Waals surface area contributed by atoms with Crippen molar-refractivity contribution in [2.75, 3.05) is 13.2 Å². The predicted octanol–water partition coefficient (Wildman–Crippen LogP) is 1.40. The van der Waals surface area contributed by atoms with Gasteiger partial charge in [-0.2, -0.15) is 10.1 Å². The van der Waals surface area contributed by atoms with E-state index in [1.165, 1.54) is 0 Å². The second-order valence-electron chi connectivity index (χ2n) is 6.13. The van der Waals surface area contributed by atoms with Crippen LogP contribution in [0, 0.1) is 13.8 Å². The number of nitrogens with zero attached hydrogens (tertiary/aromatic N) is 3. The summed E-state index contributed by atoms with van der Waals surface area (Å²) in [6, 6.07) is 0. The molecule has 0 bridgehead atoms. The van der Waals surface area contributed by atoms with E-state index in [0.29, 0.717) is 43.1 Å². The molecule has 0 aromatic carbocycles. The summed E-state index contributed by atoms with van der Waals surface area (Å²) in [5.41, 5.74) is 3.04. The van der Waals surface area contributed by atoms with Gasteiger partial charge in [0, 0.05) is 23.7 Å². The van der Waals surface area contributed by atoms with E-state index in [1.54, 1.807) is 0 Å². The van der Waals surface area contributed by atoms with E-state index in [4.69, 9.17) is 9.47 Å². The van der Waals surface area contributed by atoms with Crippen LogP contribution in [0.15, 0.2) is 0 Å². The van der Waals surface area contributed by atoms with E-state index in [2.05, 4.69) is 25.5 Å². The molecule has 1 saturated carbocycles. The molecule has 0 saturated heterocycles. The lowest BCUT2D eigenvalue weighted by Crippen LogP contribution is -2.28. The Bertz CT molecular complexity index is 778. The van der Waals surface area contributed by atoms with Crippen LogP contribution in [-0.2, 0) is 6.54 Å². The van der Waals surface area contributed by atoms with Crippen molar-refractivity contribution in [2.45, 2.75) is 39.2 Å². The lowest BCUT2D eigenvalue weighted by atomic mass is 10.2. The summed E-state index contributed by atoms with van der Waals surface area (Å²) >= 11 is 0. The Kier molecular flexibility index (Phi) is 3.59. The molecule has 24 heavy (non-hydrogen) atoms. The van der Waals surface area contributed by atoms with Gasteiger partial charge in [-0.05, 0) is 26.7 Å². The number of carbonyl (C=O) groups excluding carboxylic acids is 1. The summed E-state index contributed by atoms with van der Waals surface area (Å²) in [6.07, 6.45) is 2.10. The first-order valence-electron chi connectivity index (χ1n) is 8.09. The zero-order valence-electron chi connectivity index (χ0n) is 13.7. The maximum atomic E-state index is 12.7. The molecule has 2 aliphatic rings. The minimum atomic E-state index is -0.291. The van der Waals surface area contributed by atoms with E-state index in [1.807, 2.05) is 13.8 Å². The topological polar surface area (TPSA) is 102 Å². The molecule has 126 valence electrons. The first kappa shape index (κ1) is 14.9. The Morgan fingerprint density at radius 1 is 1.25 bits per heavy atom. The van der Waals surface area contributed by atoms with Gasteiger partial charge in [-0.25, -0.2) is 4.98 Å². The first-order chi connectivity index (χ1) is 11.6. The second kappa shape index (κ2) is 5.77. The molecule has 0 atom stereocenters. The van der Waals surface area contributed by atoms with E-state index in [0.717, 1.165) is 29.8 Å². The van der Waals surface area contributed by atoms with E-state index >= 15 is 0 Å². The van der Waals surface area contributed by atoms with Crippen molar-refractivity contribution in [3.05, 3.63) is 28.5 Å². The van der Waals surface area contributed by atoms with Crippen molar-refractivity contribution in [3.63, 3.8) is 0 Å². The smallest absolute Gasteiger partial charge is 0.274 e. The van der Waals surface area contributed by atoms with Crippen molar-refractivity contribution < 1.29 is 14.3 Å². The molecule has 3 heterocycles. The van der Waals surface area contributed by atoms with Gasteiger partial charge in [0.2, 0.25) is 5.75 Å². The van der Waals surface area contributed by atoms with Crippen LogP contribution >= 0.6 is 0 Å². The molecule has 2 aromatic rings. The number of carbonyl (C=O) groups is 1. The molecule has 0 spiro atoms. The van der Waals surface area contributed by atoms with Crippen LogP contribution in [0.4, 0.5) is 0 Å². The molecule has 8 nitrogen and oxygen atoms in total. The van der Waals surface area contributed by atoms with Gasteiger partial charge in [0.05, 0.1) is 5.69 Å². The van der Waals surface area contributed by atoms with Crippen molar-refractivity contribution >= 4 is 5.91 Å². The summed E-state index contributed by atoms with van der Waals surface area (Å²) in [4.78, 5) is 21.5. The van der Waals surface area contributed by atoms with Gasteiger partial charge in [0.1, 0.15) is 19.0 Å². The average Bonchev–Trinajstić information content (AvgIpc) is 3.39. The van der Waals surface area contributed by atoms with E-state index in [-0.39, 0.29) is 11.6 Å². The van der Waals surface area contributed by atoms with Crippen molar-refractivity contribution in [1.29, 1.82) is 0 Å². The third-order valence-corrected chi connectivity index (χ3v) is 4.28. The molecule has 1 fully saturated rings. The molecule has 0 unspecified atom stereocenters. The van der Waals surface area contributed by atoms with Gasteiger partial charge in [-0.15, -0.1) is 0 Å². The lowest BCUT2D eigenvalue weighted by Gasteiger charge is -2.20. The number of aryl methyl sites for hydroxylation is 2. The minimum Gasteiger partial charge on any atom is -0.483 e.